The first-order valence-electron chi connectivity index (χ1n) is 7.34. The van der Waals surface area contributed by atoms with Crippen molar-refractivity contribution in [3.63, 3.8) is 0 Å². The highest BCUT2D eigenvalue weighted by atomic mass is 32.2. The number of thioether (sulfide) groups is 1. The van der Waals surface area contributed by atoms with Gasteiger partial charge < -0.3 is 4.90 Å². The van der Waals surface area contributed by atoms with Crippen LogP contribution in [0.4, 0.5) is 5.69 Å². The summed E-state index contributed by atoms with van der Waals surface area (Å²) in [6, 6.07) is 7.03. The summed E-state index contributed by atoms with van der Waals surface area (Å²) in [7, 11) is 0. The van der Waals surface area contributed by atoms with Gasteiger partial charge in [-0.25, -0.2) is 0 Å². The van der Waals surface area contributed by atoms with Crippen LogP contribution in [0.5, 0.6) is 0 Å². The summed E-state index contributed by atoms with van der Waals surface area (Å²) in [6.45, 7) is 0. The fourth-order valence-corrected chi connectivity index (χ4v) is 4.57. The van der Waals surface area contributed by atoms with Crippen molar-refractivity contribution in [1.29, 1.82) is 0 Å². The quantitative estimate of drug-likeness (QED) is 0.633. The van der Waals surface area contributed by atoms with E-state index in [9.17, 15) is 14.9 Å². The predicted octanol–water partition coefficient (Wildman–Crippen LogP) is 3.50. The first kappa shape index (κ1) is 14.4. The molecule has 1 amide bonds. The van der Waals surface area contributed by atoms with Gasteiger partial charge in [0.25, 0.3) is 5.69 Å². The summed E-state index contributed by atoms with van der Waals surface area (Å²) in [4.78, 5) is 25.1. The Morgan fingerprint density at radius 1 is 1.19 bits per heavy atom. The predicted molar refractivity (Wildman–Crippen MR) is 82.0 cm³/mol. The number of nitro benzene ring substituents is 1. The van der Waals surface area contributed by atoms with Crippen LogP contribution in [0.2, 0.25) is 0 Å². The van der Waals surface area contributed by atoms with E-state index in [2.05, 4.69) is 0 Å². The third-order valence-electron chi connectivity index (χ3n) is 4.27. The summed E-state index contributed by atoms with van der Waals surface area (Å²) in [5.74, 6) is 0.544. The molecular formula is C15H18N2O3S. The van der Waals surface area contributed by atoms with E-state index < -0.39 is 0 Å². The standard InChI is InChI=1S/C15H18N2O3S/c18-14-10-21-15(16(14)11-6-2-1-3-7-11)12-8-4-5-9-13(12)17(19)20/h4-5,8-9,11,15H,1-3,6-7,10H2. The zero-order chi connectivity index (χ0) is 14.8. The van der Waals surface area contributed by atoms with Crippen molar-refractivity contribution in [2.75, 3.05) is 5.75 Å². The molecule has 1 saturated carbocycles. The minimum Gasteiger partial charge on any atom is -0.323 e. The molecule has 5 nitrogen and oxygen atoms in total. The molecule has 112 valence electrons. The highest BCUT2D eigenvalue weighted by Gasteiger charge is 2.40. The van der Waals surface area contributed by atoms with Crippen LogP contribution in [-0.2, 0) is 4.79 Å². The van der Waals surface area contributed by atoms with Gasteiger partial charge in [0, 0.05) is 12.1 Å². The van der Waals surface area contributed by atoms with Crippen LogP contribution in [0, 0.1) is 10.1 Å². The molecule has 0 spiro atoms. The Morgan fingerprint density at radius 3 is 2.62 bits per heavy atom. The number of para-hydroxylation sites is 1. The van der Waals surface area contributed by atoms with Crippen LogP contribution in [0.1, 0.15) is 43.0 Å². The second-order valence-electron chi connectivity index (χ2n) is 5.57. The van der Waals surface area contributed by atoms with Gasteiger partial charge in [-0.05, 0) is 18.9 Å². The largest absolute Gasteiger partial charge is 0.323 e. The highest BCUT2D eigenvalue weighted by molar-refractivity contribution is 8.00. The number of rotatable bonds is 3. The summed E-state index contributed by atoms with van der Waals surface area (Å²) < 4.78 is 0. The third-order valence-corrected chi connectivity index (χ3v) is 5.48. The maximum atomic E-state index is 12.3. The maximum Gasteiger partial charge on any atom is 0.275 e. The Hall–Kier alpha value is -1.56. The average molecular weight is 306 g/mol. The van der Waals surface area contributed by atoms with Crippen molar-refractivity contribution in [2.45, 2.75) is 43.5 Å². The summed E-state index contributed by atoms with van der Waals surface area (Å²) in [5, 5.41) is 11.0. The van der Waals surface area contributed by atoms with E-state index in [1.807, 2.05) is 11.0 Å². The van der Waals surface area contributed by atoms with Gasteiger partial charge in [0.2, 0.25) is 5.91 Å². The van der Waals surface area contributed by atoms with Gasteiger partial charge in [-0.1, -0.05) is 31.4 Å². The Labute approximate surface area is 127 Å². The zero-order valence-electron chi connectivity index (χ0n) is 11.7. The van der Waals surface area contributed by atoms with E-state index in [0.29, 0.717) is 11.3 Å². The number of benzene rings is 1. The molecule has 0 aromatic heterocycles. The maximum absolute atomic E-state index is 12.3. The minimum atomic E-state index is -0.349. The number of carbonyl (C=O) groups is 1. The van der Waals surface area contributed by atoms with Gasteiger partial charge in [0.1, 0.15) is 5.37 Å². The van der Waals surface area contributed by atoms with Gasteiger partial charge in [-0.2, -0.15) is 0 Å². The van der Waals surface area contributed by atoms with E-state index in [1.165, 1.54) is 24.2 Å². The van der Waals surface area contributed by atoms with Gasteiger partial charge in [-0.3, -0.25) is 14.9 Å². The van der Waals surface area contributed by atoms with Crippen molar-refractivity contribution >= 4 is 23.4 Å². The zero-order valence-corrected chi connectivity index (χ0v) is 12.6. The smallest absolute Gasteiger partial charge is 0.275 e. The molecule has 6 heteroatoms. The lowest BCUT2D eigenvalue weighted by Crippen LogP contribution is -2.39. The van der Waals surface area contributed by atoms with Crippen molar-refractivity contribution in [1.82, 2.24) is 4.90 Å². The molecule has 0 bridgehead atoms. The van der Waals surface area contributed by atoms with E-state index in [4.69, 9.17) is 0 Å². The molecule has 3 rings (SSSR count). The van der Waals surface area contributed by atoms with Crippen molar-refractivity contribution in [2.24, 2.45) is 0 Å². The van der Waals surface area contributed by atoms with E-state index >= 15 is 0 Å². The van der Waals surface area contributed by atoms with E-state index in [1.54, 1.807) is 12.1 Å². The summed E-state index contributed by atoms with van der Waals surface area (Å²) in [5.41, 5.74) is 0.773. The SMILES string of the molecule is O=C1CSC(c2ccccc2[N+](=O)[O-])N1C1CCCCC1. The monoisotopic (exact) mass is 306 g/mol. The van der Waals surface area contributed by atoms with Gasteiger partial charge in [0.05, 0.1) is 16.2 Å². The van der Waals surface area contributed by atoms with Gasteiger partial charge >= 0.3 is 0 Å². The Morgan fingerprint density at radius 2 is 1.90 bits per heavy atom. The molecule has 1 aliphatic carbocycles. The topological polar surface area (TPSA) is 63.4 Å². The Kier molecular flexibility index (Phi) is 4.14. The summed E-state index contributed by atoms with van der Waals surface area (Å²) >= 11 is 1.51. The van der Waals surface area contributed by atoms with Crippen LogP contribution >= 0.6 is 11.8 Å². The molecule has 21 heavy (non-hydrogen) atoms. The van der Waals surface area contributed by atoms with Crippen LogP contribution in [0.25, 0.3) is 0 Å². The van der Waals surface area contributed by atoms with E-state index in [-0.39, 0.29) is 27.9 Å². The lowest BCUT2D eigenvalue weighted by atomic mass is 9.93. The molecular weight excluding hydrogens is 288 g/mol. The number of nitrogens with zero attached hydrogens (tertiary/aromatic N) is 2. The Balaban J connectivity index is 1.93. The molecule has 1 atom stereocenters. The molecule has 1 aliphatic heterocycles. The number of hydrogen-bond acceptors (Lipinski definition) is 4. The van der Waals surface area contributed by atoms with Crippen molar-refractivity contribution in [3.8, 4) is 0 Å². The lowest BCUT2D eigenvalue weighted by Gasteiger charge is -2.35. The van der Waals surface area contributed by atoms with Gasteiger partial charge in [-0.15, -0.1) is 11.8 Å². The molecule has 1 aromatic carbocycles. The highest BCUT2D eigenvalue weighted by Crippen LogP contribution is 2.45. The summed E-state index contributed by atoms with van der Waals surface area (Å²) in [6.07, 6.45) is 5.54. The van der Waals surface area contributed by atoms with Crippen molar-refractivity contribution < 1.29 is 9.72 Å². The number of hydrogen-bond donors (Lipinski definition) is 0. The number of carbonyl (C=O) groups excluding carboxylic acids is 1. The van der Waals surface area contributed by atoms with Crippen LogP contribution < -0.4 is 0 Å². The second kappa shape index (κ2) is 6.05. The third kappa shape index (κ3) is 2.77. The van der Waals surface area contributed by atoms with Crippen LogP contribution in [0.15, 0.2) is 24.3 Å². The van der Waals surface area contributed by atoms with Crippen molar-refractivity contribution in [3.05, 3.63) is 39.9 Å². The molecule has 1 aromatic rings. The second-order valence-corrected chi connectivity index (χ2v) is 6.64. The number of nitro groups is 1. The fraction of sp³-hybridized carbons (Fsp3) is 0.533. The normalized spacial score (nSPS) is 23.5. The Bertz CT molecular complexity index is 558. The molecule has 2 aliphatic rings. The first-order chi connectivity index (χ1) is 10.2. The van der Waals surface area contributed by atoms with E-state index in [0.717, 1.165) is 25.7 Å². The minimum absolute atomic E-state index is 0.116. The molecule has 0 N–H and O–H groups in total. The molecule has 0 radical (unpaired) electrons. The molecule has 1 unspecified atom stereocenters. The van der Waals surface area contributed by atoms with Crippen LogP contribution in [-0.4, -0.2) is 27.5 Å². The first-order valence-corrected chi connectivity index (χ1v) is 8.39. The van der Waals surface area contributed by atoms with Crippen LogP contribution in [0.3, 0.4) is 0 Å². The van der Waals surface area contributed by atoms with Gasteiger partial charge in [0.15, 0.2) is 0 Å². The number of amides is 1. The molecule has 1 heterocycles. The molecule has 2 fully saturated rings. The average Bonchev–Trinajstić information content (AvgIpc) is 2.89. The molecule has 1 saturated heterocycles. The lowest BCUT2D eigenvalue weighted by molar-refractivity contribution is -0.385. The fourth-order valence-electron chi connectivity index (χ4n) is 3.29.